The number of nitrogens with one attached hydrogen (secondary N) is 1. The van der Waals surface area contributed by atoms with Gasteiger partial charge in [-0.1, -0.05) is 0 Å². The van der Waals surface area contributed by atoms with Crippen molar-refractivity contribution in [2.45, 2.75) is 51.4 Å². The van der Waals surface area contributed by atoms with Gasteiger partial charge in [0, 0.05) is 18.4 Å². The predicted octanol–water partition coefficient (Wildman–Crippen LogP) is 1.84. The maximum absolute atomic E-state index is 12.8. The van der Waals surface area contributed by atoms with Crippen molar-refractivity contribution in [3.05, 3.63) is 0 Å². The Balaban J connectivity index is 1.33. The highest BCUT2D eigenvalue weighted by Crippen LogP contribution is 2.60. The summed E-state index contributed by atoms with van der Waals surface area (Å²) in [6.45, 7) is 0.263. The molecular formula is C18H25NO4. The lowest BCUT2D eigenvalue weighted by Crippen LogP contribution is -2.51. The van der Waals surface area contributed by atoms with Crippen molar-refractivity contribution in [3.63, 3.8) is 0 Å². The van der Waals surface area contributed by atoms with E-state index in [1.807, 2.05) is 0 Å². The van der Waals surface area contributed by atoms with Crippen LogP contribution in [0.3, 0.4) is 0 Å². The third kappa shape index (κ3) is 2.79. The molecular weight excluding hydrogens is 294 g/mol. The Hall–Kier alpha value is -1.39. The summed E-state index contributed by atoms with van der Waals surface area (Å²) in [6, 6.07) is 0. The molecule has 1 heterocycles. The van der Waals surface area contributed by atoms with Crippen LogP contribution in [0.2, 0.25) is 0 Å². The molecule has 0 unspecified atom stereocenters. The largest absolute Gasteiger partial charge is 0.457 e. The molecule has 0 aromatic carbocycles. The molecule has 1 aliphatic heterocycles. The molecule has 23 heavy (non-hydrogen) atoms. The molecule has 5 heteroatoms. The number of esters is 1. The number of rotatable bonds is 4. The van der Waals surface area contributed by atoms with Crippen molar-refractivity contribution in [3.8, 4) is 0 Å². The van der Waals surface area contributed by atoms with Crippen LogP contribution in [0.1, 0.15) is 51.4 Å². The molecule has 5 rings (SSSR count). The van der Waals surface area contributed by atoms with Crippen molar-refractivity contribution >= 4 is 17.7 Å². The average molecular weight is 319 g/mol. The fraction of sp³-hybridized carbons (Fsp3) is 0.833. The van der Waals surface area contributed by atoms with E-state index in [2.05, 4.69) is 5.32 Å². The third-order valence-electron chi connectivity index (χ3n) is 6.57. The molecule has 0 aromatic heterocycles. The van der Waals surface area contributed by atoms with E-state index in [9.17, 15) is 14.4 Å². The van der Waals surface area contributed by atoms with Crippen molar-refractivity contribution in [2.75, 3.05) is 13.2 Å². The van der Waals surface area contributed by atoms with Gasteiger partial charge in [-0.2, -0.15) is 0 Å². The summed E-state index contributed by atoms with van der Waals surface area (Å²) in [5, 5.41) is 2.68. The quantitative estimate of drug-likeness (QED) is 0.803. The summed E-state index contributed by atoms with van der Waals surface area (Å²) in [7, 11) is 0. The van der Waals surface area contributed by atoms with Crippen LogP contribution in [0.4, 0.5) is 0 Å². The lowest BCUT2D eigenvalue weighted by molar-refractivity contribution is -0.160. The lowest BCUT2D eigenvalue weighted by atomic mass is 9.48. The Morgan fingerprint density at radius 2 is 1.70 bits per heavy atom. The second-order valence-electron chi connectivity index (χ2n) is 8.27. The number of ether oxygens (including phenoxy) is 1. The van der Waals surface area contributed by atoms with Crippen LogP contribution >= 0.6 is 0 Å². The zero-order chi connectivity index (χ0) is 16.0. The van der Waals surface area contributed by atoms with Gasteiger partial charge in [-0.05, 0) is 62.7 Å². The fourth-order valence-corrected chi connectivity index (χ4v) is 5.79. The van der Waals surface area contributed by atoms with Gasteiger partial charge >= 0.3 is 5.97 Å². The molecule has 4 bridgehead atoms. The molecule has 5 nitrogen and oxygen atoms in total. The minimum absolute atomic E-state index is 0.0151. The van der Waals surface area contributed by atoms with Crippen LogP contribution < -0.4 is 5.32 Å². The Morgan fingerprint density at radius 1 is 1.09 bits per heavy atom. The number of piperidine rings is 1. The molecule has 1 amide bonds. The predicted molar refractivity (Wildman–Crippen MR) is 82.3 cm³/mol. The van der Waals surface area contributed by atoms with Gasteiger partial charge in [0.2, 0.25) is 5.91 Å². The summed E-state index contributed by atoms with van der Waals surface area (Å²) in [6.07, 6.45) is 7.81. The lowest BCUT2D eigenvalue weighted by Gasteiger charge is -2.55. The number of hydrogen-bond donors (Lipinski definition) is 1. The third-order valence-corrected chi connectivity index (χ3v) is 6.57. The number of Topliss-reactive ketones (excluding diaryl/α,β-unsaturated/α-hetero) is 1. The van der Waals surface area contributed by atoms with Gasteiger partial charge in [0.15, 0.2) is 12.4 Å². The molecule has 5 aliphatic rings. The first kappa shape index (κ1) is 15.2. The molecule has 1 saturated heterocycles. The molecule has 0 radical (unpaired) electrons. The summed E-state index contributed by atoms with van der Waals surface area (Å²) in [4.78, 5) is 36.0. The van der Waals surface area contributed by atoms with Crippen molar-refractivity contribution in [1.82, 2.24) is 5.32 Å². The van der Waals surface area contributed by atoms with E-state index in [1.54, 1.807) is 0 Å². The van der Waals surface area contributed by atoms with Crippen LogP contribution in [0, 0.1) is 29.1 Å². The molecule has 4 aliphatic carbocycles. The van der Waals surface area contributed by atoms with Gasteiger partial charge < -0.3 is 10.1 Å². The molecule has 1 atom stereocenters. The first-order valence-corrected chi connectivity index (χ1v) is 9.01. The SMILES string of the molecule is O=C1CC[C@@H](C(=O)OCC(=O)C23CC4CC(CC(C4)C2)C3)CN1. The number of amides is 1. The second-order valence-corrected chi connectivity index (χ2v) is 8.27. The van der Waals surface area contributed by atoms with E-state index >= 15 is 0 Å². The van der Waals surface area contributed by atoms with Gasteiger partial charge in [-0.25, -0.2) is 0 Å². The van der Waals surface area contributed by atoms with E-state index in [0.717, 1.165) is 37.0 Å². The molecule has 1 N–H and O–H groups in total. The number of ketones is 1. The van der Waals surface area contributed by atoms with Crippen molar-refractivity contribution in [1.29, 1.82) is 0 Å². The maximum Gasteiger partial charge on any atom is 0.311 e. The number of hydrogen-bond acceptors (Lipinski definition) is 4. The van der Waals surface area contributed by atoms with Gasteiger partial charge in [-0.3, -0.25) is 14.4 Å². The summed E-state index contributed by atoms with van der Waals surface area (Å²) in [5.41, 5.74) is -0.199. The van der Waals surface area contributed by atoms with Crippen LogP contribution in [0.5, 0.6) is 0 Å². The highest BCUT2D eigenvalue weighted by atomic mass is 16.5. The van der Waals surface area contributed by atoms with E-state index in [4.69, 9.17) is 4.74 Å². The molecule has 0 aromatic rings. The highest BCUT2D eigenvalue weighted by molar-refractivity contribution is 5.88. The fourth-order valence-electron chi connectivity index (χ4n) is 5.79. The van der Waals surface area contributed by atoms with E-state index in [1.165, 1.54) is 19.3 Å². The first-order chi connectivity index (χ1) is 11.0. The van der Waals surface area contributed by atoms with Crippen molar-refractivity contribution < 1.29 is 19.1 Å². The molecule has 4 saturated carbocycles. The minimum atomic E-state index is -0.330. The highest BCUT2D eigenvalue weighted by Gasteiger charge is 2.54. The normalized spacial score (nSPS) is 41.5. The van der Waals surface area contributed by atoms with E-state index in [0.29, 0.717) is 19.4 Å². The second kappa shape index (κ2) is 5.60. The zero-order valence-corrected chi connectivity index (χ0v) is 13.5. The number of carbonyl (C=O) groups is 3. The van der Waals surface area contributed by atoms with E-state index in [-0.39, 0.29) is 35.6 Å². The standard InChI is InChI=1S/C18H25NO4/c20-15(10-23-17(22)14-1-2-16(21)19-9-14)18-6-11-3-12(7-18)5-13(4-11)8-18/h11-14H,1-10H2,(H,19,21)/t11?,12?,13?,14-,18?/m1/s1. The Morgan fingerprint density at radius 3 is 2.22 bits per heavy atom. The van der Waals surface area contributed by atoms with E-state index < -0.39 is 0 Å². The summed E-state index contributed by atoms with van der Waals surface area (Å²) < 4.78 is 5.33. The van der Waals surface area contributed by atoms with Gasteiger partial charge in [0.1, 0.15) is 0 Å². The Kier molecular flexibility index (Phi) is 3.69. The molecule has 5 fully saturated rings. The van der Waals surface area contributed by atoms with Crippen LogP contribution in [0.25, 0.3) is 0 Å². The van der Waals surface area contributed by atoms with Gasteiger partial charge in [0.05, 0.1) is 5.92 Å². The maximum atomic E-state index is 12.8. The summed E-state index contributed by atoms with van der Waals surface area (Å²) in [5.74, 6) is 1.65. The van der Waals surface area contributed by atoms with Crippen LogP contribution in [0.15, 0.2) is 0 Å². The smallest absolute Gasteiger partial charge is 0.311 e. The zero-order valence-electron chi connectivity index (χ0n) is 13.5. The van der Waals surface area contributed by atoms with Crippen molar-refractivity contribution in [2.24, 2.45) is 29.1 Å². The Labute approximate surface area is 136 Å². The van der Waals surface area contributed by atoms with Crippen LogP contribution in [-0.4, -0.2) is 30.8 Å². The van der Waals surface area contributed by atoms with Gasteiger partial charge in [0.25, 0.3) is 0 Å². The number of carbonyl (C=O) groups excluding carboxylic acids is 3. The Bertz CT molecular complexity index is 496. The minimum Gasteiger partial charge on any atom is -0.457 e. The topological polar surface area (TPSA) is 72.5 Å². The average Bonchev–Trinajstić information content (AvgIpc) is 2.51. The summed E-state index contributed by atoms with van der Waals surface area (Å²) >= 11 is 0. The van der Waals surface area contributed by atoms with Crippen LogP contribution in [-0.2, 0) is 19.1 Å². The molecule has 126 valence electrons. The monoisotopic (exact) mass is 319 g/mol. The first-order valence-electron chi connectivity index (χ1n) is 9.01. The molecule has 0 spiro atoms. The van der Waals surface area contributed by atoms with Gasteiger partial charge in [-0.15, -0.1) is 0 Å².